The summed E-state index contributed by atoms with van der Waals surface area (Å²) in [5.74, 6) is 2.23. The van der Waals surface area contributed by atoms with Crippen molar-refractivity contribution in [1.29, 1.82) is 0 Å². The molecule has 6 heteroatoms. The highest BCUT2D eigenvalue weighted by atomic mass is 16.5. The number of carbonyl (C=O) groups excluding carboxylic acids is 1. The summed E-state index contributed by atoms with van der Waals surface area (Å²) in [5, 5.41) is 7.77. The monoisotopic (exact) mass is 405 g/mol. The molecular weight excluding hydrogens is 378 g/mol. The highest BCUT2D eigenvalue weighted by Crippen LogP contribution is 2.32. The van der Waals surface area contributed by atoms with Gasteiger partial charge in [0.05, 0.1) is 18.5 Å². The van der Waals surface area contributed by atoms with E-state index in [1.54, 1.807) is 11.8 Å². The van der Waals surface area contributed by atoms with Crippen LogP contribution in [-0.2, 0) is 11.2 Å². The lowest BCUT2D eigenvalue weighted by molar-refractivity contribution is -0.121. The number of methoxy groups -OCH3 is 1. The molecule has 0 bridgehead atoms. The lowest BCUT2D eigenvalue weighted by atomic mass is 10.1. The van der Waals surface area contributed by atoms with E-state index in [9.17, 15) is 4.79 Å². The Kier molecular flexibility index (Phi) is 5.74. The number of aromatic nitrogens is 2. The van der Waals surface area contributed by atoms with Crippen molar-refractivity contribution in [2.45, 2.75) is 45.6 Å². The van der Waals surface area contributed by atoms with Gasteiger partial charge >= 0.3 is 0 Å². The zero-order valence-corrected chi connectivity index (χ0v) is 17.6. The van der Waals surface area contributed by atoms with Crippen molar-refractivity contribution >= 4 is 5.91 Å². The van der Waals surface area contributed by atoms with Crippen molar-refractivity contribution in [2.75, 3.05) is 7.11 Å². The van der Waals surface area contributed by atoms with Crippen molar-refractivity contribution < 1.29 is 14.3 Å². The number of rotatable bonds is 8. The van der Waals surface area contributed by atoms with Crippen LogP contribution < -0.4 is 14.8 Å². The first kappa shape index (κ1) is 20.0. The maximum absolute atomic E-state index is 12.2. The minimum Gasteiger partial charge on any atom is -0.497 e. The fourth-order valence-corrected chi connectivity index (χ4v) is 3.31. The maximum Gasteiger partial charge on any atom is 0.226 e. The van der Waals surface area contributed by atoms with Crippen LogP contribution in [0.15, 0.2) is 48.5 Å². The van der Waals surface area contributed by atoms with E-state index in [0.717, 1.165) is 41.3 Å². The molecule has 0 radical (unpaired) electrons. The van der Waals surface area contributed by atoms with Crippen molar-refractivity contribution in [3.8, 4) is 23.1 Å². The molecule has 1 N–H and O–H groups in total. The van der Waals surface area contributed by atoms with E-state index in [0.29, 0.717) is 24.8 Å². The zero-order valence-electron chi connectivity index (χ0n) is 17.6. The molecule has 1 aromatic heterocycles. The minimum absolute atomic E-state index is 0.0791. The molecule has 6 nitrogen and oxygen atoms in total. The van der Waals surface area contributed by atoms with Gasteiger partial charge in [-0.1, -0.05) is 17.7 Å². The van der Waals surface area contributed by atoms with Crippen molar-refractivity contribution in [2.24, 2.45) is 0 Å². The number of nitrogens with one attached hydrogen (secondary N) is 1. The Balaban J connectivity index is 1.65. The smallest absolute Gasteiger partial charge is 0.226 e. The van der Waals surface area contributed by atoms with E-state index in [2.05, 4.69) is 5.32 Å². The number of ether oxygens (including phenoxy) is 2. The number of hydrogen-bond acceptors (Lipinski definition) is 4. The van der Waals surface area contributed by atoms with Gasteiger partial charge < -0.3 is 14.8 Å². The van der Waals surface area contributed by atoms with Gasteiger partial charge in [-0.05, 0) is 69.5 Å². The average Bonchev–Trinajstić information content (AvgIpc) is 3.51. The third kappa shape index (κ3) is 4.64. The molecule has 1 heterocycles. The zero-order chi connectivity index (χ0) is 21.1. The van der Waals surface area contributed by atoms with Crippen LogP contribution >= 0.6 is 0 Å². The molecule has 30 heavy (non-hydrogen) atoms. The predicted octanol–water partition coefficient (Wildman–Crippen LogP) is 4.50. The van der Waals surface area contributed by atoms with E-state index in [1.165, 1.54) is 5.56 Å². The summed E-state index contributed by atoms with van der Waals surface area (Å²) in [7, 11) is 1.64. The molecule has 1 fully saturated rings. The third-order valence-corrected chi connectivity index (χ3v) is 5.23. The number of aryl methyl sites for hydroxylation is 2. The van der Waals surface area contributed by atoms with Crippen LogP contribution in [0.2, 0.25) is 0 Å². The van der Waals surface area contributed by atoms with Gasteiger partial charge in [0.25, 0.3) is 0 Å². The summed E-state index contributed by atoms with van der Waals surface area (Å²) < 4.78 is 13.4. The molecule has 1 aliphatic carbocycles. The van der Waals surface area contributed by atoms with Crippen LogP contribution in [0, 0.1) is 13.8 Å². The average molecular weight is 405 g/mol. The third-order valence-electron chi connectivity index (χ3n) is 5.23. The Morgan fingerprint density at radius 2 is 1.73 bits per heavy atom. The van der Waals surface area contributed by atoms with Crippen molar-refractivity contribution in [1.82, 2.24) is 15.1 Å². The van der Waals surface area contributed by atoms with E-state index in [-0.39, 0.29) is 5.91 Å². The van der Waals surface area contributed by atoms with Crippen molar-refractivity contribution in [3.05, 3.63) is 65.4 Å². The highest BCUT2D eigenvalue weighted by Gasteiger charge is 2.24. The number of amides is 1. The summed E-state index contributed by atoms with van der Waals surface area (Å²) in [4.78, 5) is 12.2. The normalized spacial score (nSPS) is 13.2. The number of hydrogen-bond donors (Lipinski definition) is 1. The van der Waals surface area contributed by atoms with Gasteiger partial charge in [0, 0.05) is 18.0 Å². The van der Waals surface area contributed by atoms with E-state index in [4.69, 9.17) is 14.6 Å². The molecule has 1 amide bonds. The van der Waals surface area contributed by atoms with Crippen LogP contribution in [-0.4, -0.2) is 28.8 Å². The molecule has 1 aliphatic rings. The van der Waals surface area contributed by atoms with Gasteiger partial charge in [-0.3, -0.25) is 4.79 Å². The van der Waals surface area contributed by atoms with Crippen molar-refractivity contribution in [3.63, 3.8) is 0 Å². The predicted molar refractivity (Wildman–Crippen MR) is 116 cm³/mol. The summed E-state index contributed by atoms with van der Waals surface area (Å²) in [6.45, 7) is 4.00. The number of carbonyl (C=O) groups is 1. The van der Waals surface area contributed by atoms with E-state index >= 15 is 0 Å². The van der Waals surface area contributed by atoms with Crippen LogP contribution in [0.4, 0.5) is 0 Å². The lowest BCUT2D eigenvalue weighted by Crippen LogP contribution is -2.25. The molecule has 156 valence electrons. The van der Waals surface area contributed by atoms with E-state index in [1.807, 2.05) is 62.4 Å². The largest absolute Gasteiger partial charge is 0.497 e. The maximum atomic E-state index is 12.2. The van der Waals surface area contributed by atoms with Gasteiger partial charge in [-0.15, -0.1) is 0 Å². The standard InChI is InChI=1S/C24H27N3O3/c1-16-4-10-21(11-5-16)30-24-22(14-15-23(28)25-18-6-7-18)17(2)26-27(24)19-8-12-20(29-3)13-9-19/h4-5,8-13,18H,6-7,14-15H2,1-3H3,(H,25,28). The van der Waals surface area contributed by atoms with Gasteiger partial charge in [-0.2, -0.15) is 5.10 Å². The van der Waals surface area contributed by atoms with Crippen LogP contribution in [0.5, 0.6) is 17.4 Å². The minimum atomic E-state index is 0.0791. The van der Waals surface area contributed by atoms with Crippen LogP contribution in [0.1, 0.15) is 36.1 Å². The molecule has 0 saturated heterocycles. The Hall–Kier alpha value is -3.28. The Labute approximate surface area is 176 Å². The quantitative estimate of drug-likeness (QED) is 0.599. The molecule has 0 unspecified atom stereocenters. The second-order valence-corrected chi connectivity index (χ2v) is 7.74. The topological polar surface area (TPSA) is 65.4 Å². The molecule has 1 saturated carbocycles. The Bertz CT molecular complexity index is 1020. The van der Waals surface area contributed by atoms with Gasteiger partial charge in [0.15, 0.2) is 0 Å². The lowest BCUT2D eigenvalue weighted by Gasteiger charge is -2.12. The Morgan fingerprint density at radius 3 is 2.37 bits per heavy atom. The molecule has 3 aromatic rings. The summed E-state index contributed by atoms with van der Waals surface area (Å²) >= 11 is 0. The van der Waals surface area contributed by atoms with Crippen LogP contribution in [0.25, 0.3) is 5.69 Å². The van der Waals surface area contributed by atoms with Gasteiger partial charge in [0.1, 0.15) is 11.5 Å². The Morgan fingerprint density at radius 1 is 1.07 bits per heavy atom. The highest BCUT2D eigenvalue weighted by molar-refractivity contribution is 5.77. The summed E-state index contributed by atoms with van der Waals surface area (Å²) in [5.41, 5.74) is 3.83. The molecule has 2 aromatic carbocycles. The fourth-order valence-electron chi connectivity index (χ4n) is 3.31. The first-order chi connectivity index (χ1) is 14.5. The summed E-state index contributed by atoms with van der Waals surface area (Å²) in [6, 6.07) is 15.9. The molecular formula is C24H27N3O3. The van der Waals surface area contributed by atoms with Gasteiger partial charge in [0.2, 0.25) is 11.8 Å². The first-order valence-electron chi connectivity index (χ1n) is 10.3. The van der Waals surface area contributed by atoms with E-state index < -0.39 is 0 Å². The SMILES string of the molecule is COc1ccc(-n2nc(C)c(CCC(=O)NC3CC3)c2Oc2ccc(C)cc2)cc1. The van der Waals surface area contributed by atoms with Gasteiger partial charge in [-0.25, -0.2) is 4.68 Å². The number of benzene rings is 2. The second-order valence-electron chi connectivity index (χ2n) is 7.74. The summed E-state index contributed by atoms with van der Waals surface area (Å²) in [6.07, 6.45) is 3.15. The molecule has 4 rings (SSSR count). The number of nitrogens with zero attached hydrogens (tertiary/aromatic N) is 2. The van der Waals surface area contributed by atoms with Crippen LogP contribution in [0.3, 0.4) is 0 Å². The molecule has 0 aliphatic heterocycles. The molecule has 0 atom stereocenters. The fraction of sp³-hybridized carbons (Fsp3) is 0.333. The molecule has 0 spiro atoms. The first-order valence-corrected chi connectivity index (χ1v) is 10.3. The second kappa shape index (κ2) is 8.61.